The van der Waals surface area contributed by atoms with E-state index in [1.807, 2.05) is 11.3 Å². The van der Waals surface area contributed by atoms with Gasteiger partial charge in [-0.3, -0.25) is 0 Å². The molecule has 0 saturated carbocycles. The van der Waals surface area contributed by atoms with Crippen LogP contribution < -0.4 is 5.73 Å². The Morgan fingerprint density at radius 1 is 1.29 bits per heavy atom. The van der Waals surface area contributed by atoms with E-state index in [0.717, 1.165) is 0 Å². The molecule has 3 rings (SSSR count). The first-order valence-corrected chi connectivity index (χ1v) is 7.86. The lowest BCUT2D eigenvalue weighted by Crippen LogP contribution is -2.09. The molecule has 0 aliphatic heterocycles. The molecule has 0 spiro atoms. The number of fused-ring (bicyclic) bond motifs is 1. The highest BCUT2D eigenvalue weighted by Gasteiger charge is 2.19. The molecule has 1 aliphatic carbocycles. The number of hydrogen-bond acceptors (Lipinski definition) is 3. The molecule has 1 atom stereocenters. The molecule has 0 aromatic carbocycles. The summed E-state index contributed by atoms with van der Waals surface area (Å²) >= 11 is 3.71. The Bertz CT molecular complexity index is 501. The van der Waals surface area contributed by atoms with E-state index >= 15 is 0 Å². The second-order valence-corrected chi connectivity index (χ2v) is 6.87. The Balaban J connectivity index is 1.94. The average molecular weight is 263 g/mol. The fourth-order valence-electron chi connectivity index (χ4n) is 2.50. The zero-order valence-electron chi connectivity index (χ0n) is 10.0. The van der Waals surface area contributed by atoms with Crippen LogP contribution in [0.1, 0.15) is 44.6 Å². The molecule has 2 heterocycles. The van der Waals surface area contributed by atoms with Crippen LogP contribution in [0.3, 0.4) is 0 Å². The lowest BCUT2D eigenvalue weighted by atomic mass is 9.98. The van der Waals surface area contributed by atoms with Crippen molar-refractivity contribution < 1.29 is 0 Å². The lowest BCUT2D eigenvalue weighted by Gasteiger charge is -2.08. The van der Waals surface area contributed by atoms with E-state index < -0.39 is 0 Å². The van der Waals surface area contributed by atoms with E-state index in [0.29, 0.717) is 0 Å². The molecule has 0 radical (unpaired) electrons. The van der Waals surface area contributed by atoms with Crippen molar-refractivity contribution in [2.45, 2.75) is 38.6 Å². The van der Waals surface area contributed by atoms with Crippen LogP contribution in [0.2, 0.25) is 0 Å². The number of nitrogens with two attached hydrogens (primary N) is 1. The van der Waals surface area contributed by atoms with Crippen LogP contribution in [0.25, 0.3) is 0 Å². The molecule has 1 nitrogen and oxygen atoms in total. The summed E-state index contributed by atoms with van der Waals surface area (Å²) in [6, 6.07) is 4.60. The van der Waals surface area contributed by atoms with Gasteiger partial charge in [-0.05, 0) is 61.2 Å². The largest absolute Gasteiger partial charge is 0.319 e. The molecule has 2 N–H and O–H groups in total. The summed E-state index contributed by atoms with van der Waals surface area (Å²) in [6.45, 7) is 2.15. The summed E-state index contributed by atoms with van der Waals surface area (Å²) in [5.41, 5.74) is 9.28. The lowest BCUT2D eigenvalue weighted by molar-refractivity contribution is 0.696. The topological polar surface area (TPSA) is 26.0 Å². The summed E-state index contributed by atoms with van der Waals surface area (Å²) in [7, 11) is 0. The minimum absolute atomic E-state index is 0.0885. The molecule has 0 amide bonds. The van der Waals surface area contributed by atoms with Gasteiger partial charge in [-0.25, -0.2) is 0 Å². The van der Waals surface area contributed by atoms with E-state index in [9.17, 15) is 0 Å². The zero-order valence-corrected chi connectivity index (χ0v) is 11.7. The van der Waals surface area contributed by atoms with Gasteiger partial charge in [0.2, 0.25) is 0 Å². The van der Waals surface area contributed by atoms with Crippen LogP contribution in [-0.2, 0) is 12.8 Å². The molecule has 1 aliphatic rings. The molecule has 0 fully saturated rings. The number of aryl methyl sites for hydroxylation is 3. The molecule has 3 heteroatoms. The SMILES string of the molecule is Cc1ccsc1C(N)c1cc2c(s1)CCCC2. The Hall–Kier alpha value is -0.640. The van der Waals surface area contributed by atoms with Crippen molar-refractivity contribution in [3.63, 3.8) is 0 Å². The standard InChI is InChI=1S/C14H17NS2/c1-9-6-7-16-14(9)13(15)12-8-10-4-2-3-5-11(10)17-12/h6-8,13H,2-5,15H2,1H3. The highest BCUT2D eigenvalue weighted by molar-refractivity contribution is 7.13. The van der Waals surface area contributed by atoms with Crippen molar-refractivity contribution in [2.75, 3.05) is 0 Å². The Kier molecular flexibility index (Phi) is 3.07. The van der Waals surface area contributed by atoms with E-state index in [1.165, 1.54) is 41.0 Å². The minimum Gasteiger partial charge on any atom is -0.319 e. The van der Waals surface area contributed by atoms with Gasteiger partial charge >= 0.3 is 0 Å². The van der Waals surface area contributed by atoms with Crippen LogP contribution in [0.4, 0.5) is 0 Å². The van der Waals surface area contributed by atoms with E-state index in [2.05, 4.69) is 24.4 Å². The van der Waals surface area contributed by atoms with Gasteiger partial charge in [-0.1, -0.05) is 0 Å². The molecule has 90 valence electrons. The first-order chi connectivity index (χ1) is 8.25. The number of hydrogen-bond donors (Lipinski definition) is 1. The smallest absolute Gasteiger partial charge is 0.0742 e. The van der Waals surface area contributed by atoms with Crippen molar-refractivity contribution in [3.8, 4) is 0 Å². The van der Waals surface area contributed by atoms with Gasteiger partial charge in [0.1, 0.15) is 0 Å². The average Bonchev–Trinajstić information content (AvgIpc) is 2.93. The molecular weight excluding hydrogens is 246 g/mol. The highest BCUT2D eigenvalue weighted by Crippen LogP contribution is 2.36. The molecule has 1 unspecified atom stereocenters. The normalized spacial score (nSPS) is 16.8. The Labute approximate surface area is 110 Å². The quantitative estimate of drug-likeness (QED) is 0.869. The maximum Gasteiger partial charge on any atom is 0.0742 e. The molecule has 0 bridgehead atoms. The fourth-order valence-corrected chi connectivity index (χ4v) is 4.79. The molecule has 17 heavy (non-hydrogen) atoms. The van der Waals surface area contributed by atoms with Gasteiger partial charge < -0.3 is 5.73 Å². The molecular formula is C14H17NS2. The second kappa shape index (κ2) is 4.56. The third-order valence-electron chi connectivity index (χ3n) is 3.51. The maximum absolute atomic E-state index is 6.39. The fraction of sp³-hybridized carbons (Fsp3) is 0.429. The van der Waals surface area contributed by atoms with Crippen LogP contribution in [0, 0.1) is 6.92 Å². The zero-order chi connectivity index (χ0) is 11.8. The van der Waals surface area contributed by atoms with E-state index in [1.54, 1.807) is 21.8 Å². The third kappa shape index (κ3) is 2.07. The molecule has 0 saturated heterocycles. The predicted octanol–water partition coefficient (Wildman–Crippen LogP) is 4.04. The second-order valence-electron chi connectivity index (χ2n) is 4.75. The van der Waals surface area contributed by atoms with Crippen LogP contribution in [-0.4, -0.2) is 0 Å². The van der Waals surface area contributed by atoms with Crippen LogP contribution >= 0.6 is 22.7 Å². The van der Waals surface area contributed by atoms with Crippen molar-refractivity contribution in [2.24, 2.45) is 5.73 Å². The van der Waals surface area contributed by atoms with Crippen molar-refractivity contribution in [3.05, 3.63) is 43.3 Å². The summed E-state index contributed by atoms with van der Waals surface area (Å²) in [4.78, 5) is 4.25. The van der Waals surface area contributed by atoms with Crippen LogP contribution in [0.5, 0.6) is 0 Å². The predicted molar refractivity (Wildman–Crippen MR) is 76.0 cm³/mol. The monoisotopic (exact) mass is 263 g/mol. The molecule has 2 aromatic heterocycles. The number of rotatable bonds is 2. The summed E-state index contributed by atoms with van der Waals surface area (Å²) in [5, 5.41) is 2.14. The number of thiophene rings is 2. The third-order valence-corrected chi connectivity index (χ3v) is 5.93. The highest BCUT2D eigenvalue weighted by atomic mass is 32.1. The van der Waals surface area contributed by atoms with Crippen molar-refractivity contribution >= 4 is 22.7 Å². The van der Waals surface area contributed by atoms with Crippen molar-refractivity contribution in [1.82, 2.24) is 0 Å². The van der Waals surface area contributed by atoms with Crippen LogP contribution in [0.15, 0.2) is 17.5 Å². The van der Waals surface area contributed by atoms with Gasteiger partial charge in [0.25, 0.3) is 0 Å². The minimum atomic E-state index is 0.0885. The van der Waals surface area contributed by atoms with E-state index in [-0.39, 0.29) is 6.04 Å². The van der Waals surface area contributed by atoms with E-state index in [4.69, 9.17) is 5.73 Å². The van der Waals surface area contributed by atoms with Gasteiger partial charge in [0, 0.05) is 14.6 Å². The Morgan fingerprint density at radius 3 is 2.82 bits per heavy atom. The summed E-state index contributed by atoms with van der Waals surface area (Å²) < 4.78 is 0. The van der Waals surface area contributed by atoms with Gasteiger partial charge in [0.15, 0.2) is 0 Å². The summed E-state index contributed by atoms with van der Waals surface area (Å²) in [5.74, 6) is 0. The van der Waals surface area contributed by atoms with Crippen molar-refractivity contribution in [1.29, 1.82) is 0 Å². The first-order valence-electron chi connectivity index (χ1n) is 6.17. The van der Waals surface area contributed by atoms with Gasteiger partial charge in [-0.2, -0.15) is 0 Å². The summed E-state index contributed by atoms with van der Waals surface area (Å²) in [6.07, 6.45) is 5.20. The maximum atomic E-state index is 6.39. The molecule has 2 aromatic rings. The Morgan fingerprint density at radius 2 is 2.12 bits per heavy atom. The van der Waals surface area contributed by atoms with Gasteiger partial charge in [0.05, 0.1) is 6.04 Å². The van der Waals surface area contributed by atoms with Gasteiger partial charge in [-0.15, -0.1) is 22.7 Å². The first kappa shape index (κ1) is 11.5.